The fourth-order valence-electron chi connectivity index (χ4n) is 1.76. The van der Waals surface area contributed by atoms with Crippen molar-refractivity contribution in [1.82, 2.24) is 35.5 Å². The van der Waals surface area contributed by atoms with Crippen LogP contribution < -0.4 is 5.32 Å². The Morgan fingerprint density at radius 1 is 1.48 bits per heavy atom. The second-order valence-electron chi connectivity index (χ2n) is 4.30. The van der Waals surface area contributed by atoms with Crippen LogP contribution in [0.3, 0.4) is 0 Å². The van der Waals surface area contributed by atoms with Crippen LogP contribution in [0.25, 0.3) is 11.6 Å². The molecule has 0 aliphatic rings. The van der Waals surface area contributed by atoms with E-state index in [1.807, 2.05) is 0 Å². The van der Waals surface area contributed by atoms with Crippen molar-refractivity contribution in [2.24, 2.45) is 0 Å². The summed E-state index contributed by atoms with van der Waals surface area (Å²) in [7, 11) is 0. The first-order chi connectivity index (χ1) is 10.3. The van der Waals surface area contributed by atoms with Gasteiger partial charge < -0.3 is 14.7 Å². The van der Waals surface area contributed by atoms with Gasteiger partial charge in [-0.15, -0.1) is 10.2 Å². The zero-order valence-electron chi connectivity index (χ0n) is 11.1. The standard InChI is InChI=1S/C12H13N7O2/c20-11(14-4-3-9-6-13-8-15-9)7-19-17-12(16-18-19)10-2-1-5-21-10/h1-2,5-6,8H,3-4,7H2,(H,13,15)(H,14,20). The molecule has 0 aliphatic heterocycles. The molecule has 0 fully saturated rings. The largest absolute Gasteiger partial charge is 0.461 e. The van der Waals surface area contributed by atoms with Gasteiger partial charge in [-0.05, 0) is 17.3 Å². The van der Waals surface area contributed by atoms with Crippen molar-refractivity contribution >= 4 is 5.91 Å². The van der Waals surface area contributed by atoms with Crippen LogP contribution in [0.5, 0.6) is 0 Å². The molecule has 108 valence electrons. The average molecular weight is 287 g/mol. The molecule has 21 heavy (non-hydrogen) atoms. The molecule has 3 aromatic heterocycles. The molecule has 3 heterocycles. The number of nitrogens with one attached hydrogen (secondary N) is 2. The lowest BCUT2D eigenvalue weighted by Gasteiger charge is -2.02. The lowest BCUT2D eigenvalue weighted by Crippen LogP contribution is -2.30. The van der Waals surface area contributed by atoms with Gasteiger partial charge in [0.05, 0.1) is 12.6 Å². The highest BCUT2D eigenvalue weighted by molar-refractivity contribution is 5.75. The van der Waals surface area contributed by atoms with Crippen LogP contribution in [-0.2, 0) is 17.8 Å². The van der Waals surface area contributed by atoms with Gasteiger partial charge in [0.2, 0.25) is 11.7 Å². The summed E-state index contributed by atoms with van der Waals surface area (Å²) in [5.74, 6) is 0.684. The summed E-state index contributed by atoms with van der Waals surface area (Å²) < 4.78 is 5.16. The number of imidazole rings is 1. The van der Waals surface area contributed by atoms with E-state index in [1.165, 1.54) is 11.1 Å². The predicted octanol–water partition coefficient (Wildman–Crippen LogP) is 0.0151. The Morgan fingerprint density at radius 3 is 3.19 bits per heavy atom. The molecular weight excluding hydrogens is 274 g/mol. The van der Waals surface area contributed by atoms with E-state index in [-0.39, 0.29) is 12.5 Å². The fraction of sp³-hybridized carbons (Fsp3) is 0.250. The number of hydrogen-bond acceptors (Lipinski definition) is 6. The number of rotatable bonds is 6. The SMILES string of the molecule is O=C(Cn1nnc(-c2ccco2)n1)NCCc1cnc[nH]1. The van der Waals surface area contributed by atoms with E-state index < -0.39 is 0 Å². The van der Waals surface area contributed by atoms with Gasteiger partial charge in [-0.25, -0.2) is 4.98 Å². The van der Waals surface area contributed by atoms with Gasteiger partial charge >= 0.3 is 0 Å². The molecule has 0 bridgehead atoms. The molecule has 0 unspecified atom stereocenters. The third-order valence-corrected chi connectivity index (χ3v) is 2.75. The normalized spacial score (nSPS) is 10.7. The van der Waals surface area contributed by atoms with Crippen LogP contribution in [-0.4, -0.2) is 42.6 Å². The predicted molar refractivity (Wildman–Crippen MR) is 70.8 cm³/mol. The molecular formula is C12H13N7O2. The number of aromatic nitrogens is 6. The molecule has 3 aromatic rings. The van der Waals surface area contributed by atoms with E-state index in [9.17, 15) is 4.79 Å². The van der Waals surface area contributed by atoms with Crippen LogP contribution in [0.4, 0.5) is 0 Å². The molecule has 0 saturated heterocycles. The van der Waals surface area contributed by atoms with Crippen LogP contribution in [0.1, 0.15) is 5.69 Å². The molecule has 9 nitrogen and oxygen atoms in total. The first kappa shape index (κ1) is 13.0. The minimum absolute atomic E-state index is 0.0106. The highest BCUT2D eigenvalue weighted by Crippen LogP contribution is 2.12. The lowest BCUT2D eigenvalue weighted by molar-refractivity contribution is -0.122. The van der Waals surface area contributed by atoms with Gasteiger partial charge in [0.15, 0.2) is 5.76 Å². The van der Waals surface area contributed by atoms with E-state index in [0.29, 0.717) is 24.6 Å². The van der Waals surface area contributed by atoms with Crippen molar-refractivity contribution in [3.05, 3.63) is 36.6 Å². The number of carbonyl (C=O) groups excluding carboxylic acids is 1. The van der Waals surface area contributed by atoms with Gasteiger partial charge in [0, 0.05) is 24.9 Å². The van der Waals surface area contributed by atoms with E-state index in [0.717, 1.165) is 5.69 Å². The van der Waals surface area contributed by atoms with Crippen molar-refractivity contribution in [2.75, 3.05) is 6.54 Å². The molecule has 0 atom stereocenters. The van der Waals surface area contributed by atoms with Crippen LogP contribution in [0.15, 0.2) is 35.3 Å². The molecule has 0 radical (unpaired) electrons. The number of nitrogens with zero attached hydrogens (tertiary/aromatic N) is 5. The highest BCUT2D eigenvalue weighted by atomic mass is 16.3. The van der Waals surface area contributed by atoms with E-state index >= 15 is 0 Å². The average Bonchev–Trinajstić information content (AvgIpc) is 3.21. The van der Waals surface area contributed by atoms with Crippen molar-refractivity contribution in [1.29, 1.82) is 0 Å². The maximum Gasteiger partial charge on any atom is 0.243 e. The van der Waals surface area contributed by atoms with Gasteiger partial charge in [0.1, 0.15) is 6.54 Å². The van der Waals surface area contributed by atoms with E-state index in [2.05, 4.69) is 30.7 Å². The van der Waals surface area contributed by atoms with Gasteiger partial charge in [0.25, 0.3) is 0 Å². The number of hydrogen-bond donors (Lipinski definition) is 2. The molecule has 0 spiro atoms. The molecule has 9 heteroatoms. The monoisotopic (exact) mass is 287 g/mol. The summed E-state index contributed by atoms with van der Waals surface area (Å²) >= 11 is 0. The maximum atomic E-state index is 11.7. The fourth-order valence-corrected chi connectivity index (χ4v) is 1.76. The number of H-pyrrole nitrogens is 1. The number of furan rings is 1. The van der Waals surface area contributed by atoms with E-state index in [1.54, 1.807) is 24.7 Å². The van der Waals surface area contributed by atoms with Crippen LogP contribution >= 0.6 is 0 Å². The molecule has 0 aliphatic carbocycles. The zero-order chi connectivity index (χ0) is 14.5. The topological polar surface area (TPSA) is 115 Å². The zero-order valence-corrected chi connectivity index (χ0v) is 11.1. The third-order valence-electron chi connectivity index (χ3n) is 2.75. The highest BCUT2D eigenvalue weighted by Gasteiger charge is 2.10. The summed E-state index contributed by atoms with van der Waals surface area (Å²) in [4.78, 5) is 19.8. The Morgan fingerprint density at radius 2 is 2.43 bits per heavy atom. The molecule has 2 N–H and O–H groups in total. The Labute approximate surface area is 119 Å². The summed E-state index contributed by atoms with van der Waals surface area (Å²) in [6, 6.07) is 3.46. The number of amides is 1. The molecule has 3 rings (SSSR count). The third kappa shape index (κ3) is 3.32. The van der Waals surface area contributed by atoms with Crippen molar-refractivity contribution in [3.63, 3.8) is 0 Å². The number of tetrazole rings is 1. The smallest absolute Gasteiger partial charge is 0.243 e. The first-order valence-corrected chi connectivity index (χ1v) is 6.37. The van der Waals surface area contributed by atoms with Gasteiger partial charge in [-0.3, -0.25) is 4.79 Å². The molecule has 0 aromatic carbocycles. The summed E-state index contributed by atoms with van der Waals surface area (Å²) in [5.41, 5.74) is 0.967. The summed E-state index contributed by atoms with van der Waals surface area (Å²) in [6.07, 6.45) is 5.54. The lowest BCUT2D eigenvalue weighted by atomic mass is 10.3. The molecule has 0 saturated carbocycles. The summed E-state index contributed by atoms with van der Waals surface area (Å²) in [5, 5.41) is 14.5. The Balaban J connectivity index is 1.48. The van der Waals surface area contributed by atoms with Crippen molar-refractivity contribution in [3.8, 4) is 11.6 Å². The second-order valence-corrected chi connectivity index (χ2v) is 4.30. The molecule has 1 amide bonds. The quantitative estimate of drug-likeness (QED) is 0.660. The Bertz CT molecular complexity index is 687. The minimum Gasteiger partial charge on any atom is -0.461 e. The second kappa shape index (κ2) is 5.99. The summed E-state index contributed by atoms with van der Waals surface area (Å²) in [6.45, 7) is 0.525. The maximum absolute atomic E-state index is 11.7. The van der Waals surface area contributed by atoms with Gasteiger partial charge in [-0.2, -0.15) is 4.80 Å². The van der Waals surface area contributed by atoms with Crippen molar-refractivity contribution in [2.45, 2.75) is 13.0 Å². The van der Waals surface area contributed by atoms with Crippen LogP contribution in [0, 0.1) is 0 Å². The minimum atomic E-state index is -0.182. The number of carbonyl (C=O) groups is 1. The van der Waals surface area contributed by atoms with Crippen molar-refractivity contribution < 1.29 is 9.21 Å². The first-order valence-electron chi connectivity index (χ1n) is 6.37. The number of aromatic amines is 1. The van der Waals surface area contributed by atoms with Gasteiger partial charge in [-0.1, -0.05) is 0 Å². The Hall–Kier alpha value is -2.97. The Kier molecular flexibility index (Phi) is 3.72. The van der Waals surface area contributed by atoms with Crippen LogP contribution in [0.2, 0.25) is 0 Å². The van der Waals surface area contributed by atoms with E-state index in [4.69, 9.17) is 4.42 Å².